The van der Waals surface area contributed by atoms with Crippen LogP contribution in [0.3, 0.4) is 0 Å². The van der Waals surface area contributed by atoms with Crippen molar-refractivity contribution in [3.63, 3.8) is 0 Å². The van der Waals surface area contributed by atoms with Crippen molar-refractivity contribution in [2.24, 2.45) is 33.5 Å². The molecular weight excluding hydrogens is 444 g/mol. The Balaban J connectivity index is 1.56. The molecule has 1 spiro atoms. The highest BCUT2D eigenvalue weighted by molar-refractivity contribution is 5.96. The smallest absolute Gasteiger partial charge is 0.303 e. The summed E-state index contributed by atoms with van der Waals surface area (Å²) in [6.07, 6.45) is 9.52. The van der Waals surface area contributed by atoms with Gasteiger partial charge in [0.1, 0.15) is 11.7 Å². The van der Waals surface area contributed by atoms with Crippen LogP contribution in [-0.2, 0) is 19.1 Å². The molecule has 1 aliphatic heterocycles. The lowest BCUT2D eigenvalue weighted by Gasteiger charge is -2.70. The second kappa shape index (κ2) is 6.89. The topological polar surface area (TPSA) is 89.3 Å². The molecule has 1 saturated heterocycles. The van der Waals surface area contributed by atoms with E-state index in [0.29, 0.717) is 0 Å². The number of aliphatic hydroxyl groups excluding tert-OH is 1. The number of allylic oxidation sites excluding steroid dienone is 2. The second-order valence-electron chi connectivity index (χ2n) is 13.1. The lowest BCUT2D eigenvalue weighted by Crippen LogP contribution is -2.75. The van der Waals surface area contributed by atoms with E-state index >= 15 is 0 Å². The number of esters is 1. The predicted octanol–water partition coefficient (Wildman–Crippen LogP) is 4.81. The van der Waals surface area contributed by atoms with Crippen LogP contribution < -0.4 is 0 Å². The zero-order valence-corrected chi connectivity index (χ0v) is 21.7. The number of aliphatic hydroxyl groups is 1. The standard InChI is InChI=1S/C29H38O6/c1-16(30)34-24-22(32)23-25(2,3)20(31)10-12-26(23,4)19-9-13-27(5)18(17-11-14-33-15-17)7-8-21-29(27,35-21)28(19,24)6/h10-12,14-15,18-19,21-24,32H,7-9,13H2,1-6H3/t18-,19+,21+,22?,23?,24+,26+,27-,28-,29+/m0/s1. The van der Waals surface area contributed by atoms with Crippen molar-refractivity contribution in [3.05, 3.63) is 36.3 Å². The lowest BCUT2D eigenvalue weighted by molar-refractivity contribution is -0.272. The summed E-state index contributed by atoms with van der Waals surface area (Å²) >= 11 is 0. The molecule has 0 radical (unpaired) electrons. The quantitative estimate of drug-likeness (QED) is 0.481. The molecule has 6 heteroatoms. The summed E-state index contributed by atoms with van der Waals surface area (Å²) in [6, 6.07) is 2.06. The van der Waals surface area contributed by atoms with Crippen LogP contribution in [-0.4, -0.2) is 40.8 Å². The first-order chi connectivity index (χ1) is 16.4. The summed E-state index contributed by atoms with van der Waals surface area (Å²) in [6.45, 7) is 12.0. The number of epoxide rings is 1. The van der Waals surface area contributed by atoms with E-state index in [1.54, 1.807) is 12.3 Å². The molecule has 0 amide bonds. The summed E-state index contributed by atoms with van der Waals surface area (Å²) in [5.41, 5.74) is -1.36. The van der Waals surface area contributed by atoms with Gasteiger partial charge in [-0.1, -0.05) is 40.7 Å². The van der Waals surface area contributed by atoms with E-state index < -0.39 is 40.0 Å². The third kappa shape index (κ3) is 2.53. The monoisotopic (exact) mass is 482 g/mol. The highest BCUT2D eigenvalue weighted by Gasteiger charge is 2.86. The van der Waals surface area contributed by atoms with Gasteiger partial charge in [-0.2, -0.15) is 0 Å². The van der Waals surface area contributed by atoms with Gasteiger partial charge in [-0.3, -0.25) is 9.59 Å². The minimum Gasteiger partial charge on any atom is -0.472 e. The van der Waals surface area contributed by atoms with Crippen molar-refractivity contribution in [3.8, 4) is 0 Å². The minimum atomic E-state index is -0.982. The third-order valence-electron chi connectivity index (χ3n) is 11.4. The molecule has 5 aliphatic rings. The van der Waals surface area contributed by atoms with Crippen LogP contribution in [0.2, 0.25) is 0 Å². The SMILES string of the molecule is CC(=O)O[C@@H]1C(O)C2C(C)(C)C(=O)C=C[C@]2(C)[C@H]2CC[C@@]3(C)[C@H](c4ccoc4)CC[C@H]4O[C@]43[C@]12C. The fourth-order valence-corrected chi connectivity index (χ4v) is 10.2. The van der Waals surface area contributed by atoms with Gasteiger partial charge in [-0.25, -0.2) is 0 Å². The van der Waals surface area contributed by atoms with Crippen molar-refractivity contribution in [1.82, 2.24) is 0 Å². The Kier molecular flexibility index (Phi) is 4.62. The largest absolute Gasteiger partial charge is 0.472 e. The number of fused-ring (bicyclic) bond motifs is 3. The molecule has 190 valence electrons. The van der Waals surface area contributed by atoms with Crippen molar-refractivity contribution < 1.29 is 28.6 Å². The Morgan fingerprint density at radius 3 is 2.54 bits per heavy atom. The van der Waals surface area contributed by atoms with Gasteiger partial charge in [-0.05, 0) is 60.6 Å². The number of ketones is 1. The molecule has 0 bridgehead atoms. The molecular formula is C29H38O6. The van der Waals surface area contributed by atoms with Crippen molar-refractivity contribution >= 4 is 11.8 Å². The molecule has 3 saturated carbocycles. The van der Waals surface area contributed by atoms with Crippen LogP contribution >= 0.6 is 0 Å². The first-order valence-corrected chi connectivity index (χ1v) is 13.1. The number of furan rings is 1. The van der Waals surface area contributed by atoms with Gasteiger partial charge < -0.3 is 19.0 Å². The summed E-state index contributed by atoms with van der Waals surface area (Å²) in [5.74, 6) is -0.408. The molecule has 4 aliphatic carbocycles. The van der Waals surface area contributed by atoms with Gasteiger partial charge in [0, 0.05) is 29.1 Å². The van der Waals surface area contributed by atoms with Gasteiger partial charge in [0.25, 0.3) is 0 Å². The Hall–Kier alpha value is -1.92. The molecule has 2 unspecified atom stereocenters. The Labute approximate surface area is 207 Å². The average molecular weight is 483 g/mol. The van der Waals surface area contributed by atoms with Gasteiger partial charge in [0.15, 0.2) is 5.78 Å². The van der Waals surface area contributed by atoms with Gasteiger partial charge in [0.05, 0.1) is 24.7 Å². The first-order valence-electron chi connectivity index (χ1n) is 13.1. The van der Waals surface area contributed by atoms with Crippen LogP contribution in [0.5, 0.6) is 0 Å². The van der Waals surface area contributed by atoms with E-state index in [0.717, 1.165) is 25.7 Å². The van der Waals surface area contributed by atoms with Crippen LogP contribution in [0.4, 0.5) is 0 Å². The fraction of sp³-hybridized carbons (Fsp3) is 0.724. The minimum absolute atomic E-state index is 0.0150. The van der Waals surface area contributed by atoms with E-state index in [9.17, 15) is 14.7 Å². The summed E-state index contributed by atoms with van der Waals surface area (Å²) in [7, 11) is 0. The van der Waals surface area contributed by atoms with Crippen LogP contribution in [0, 0.1) is 33.5 Å². The lowest BCUT2D eigenvalue weighted by atomic mass is 9.34. The highest BCUT2D eigenvalue weighted by atomic mass is 16.6. The zero-order chi connectivity index (χ0) is 25.2. The second-order valence-corrected chi connectivity index (χ2v) is 13.1. The first kappa shape index (κ1) is 23.5. The third-order valence-corrected chi connectivity index (χ3v) is 11.4. The van der Waals surface area contributed by atoms with Crippen LogP contribution in [0.15, 0.2) is 35.2 Å². The number of carbonyl (C=O) groups excluding carboxylic acids is 2. The molecule has 10 atom stereocenters. The number of hydrogen-bond acceptors (Lipinski definition) is 6. The predicted molar refractivity (Wildman–Crippen MR) is 128 cm³/mol. The molecule has 1 aromatic rings. The fourth-order valence-electron chi connectivity index (χ4n) is 10.2. The summed E-state index contributed by atoms with van der Waals surface area (Å²) < 4.78 is 18.4. The van der Waals surface area contributed by atoms with Gasteiger partial charge >= 0.3 is 5.97 Å². The number of rotatable bonds is 2. The molecule has 1 N–H and O–H groups in total. The van der Waals surface area contributed by atoms with Crippen molar-refractivity contribution in [2.45, 2.75) is 97.1 Å². The van der Waals surface area contributed by atoms with Crippen LogP contribution in [0.1, 0.15) is 78.7 Å². The van der Waals surface area contributed by atoms with E-state index in [2.05, 4.69) is 32.9 Å². The molecule has 4 fully saturated rings. The molecule has 2 heterocycles. The molecule has 1 aromatic heterocycles. The van der Waals surface area contributed by atoms with E-state index in [1.165, 1.54) is 12.5 Å². The van der Waals surface area contributed by atoms with Gasteiger partial charge in [0.2, 0.25) is 0 Å². The Morgan fingerprint density at radius 1 is 1.14 bits per heavy atom. The van der Waals surface area contributed by atoms with Crippen LogP contribution in [0.25, 0.3) is 0 Å². The number of carbonyl (C=O) groups is 2. The normalized spacial score (nSPS) is 51.5. The maximum Gasteiger partial charge on any atom is 0.303 e. The summed E-state index contributed by atoms with van der Waals surface area (Å²) in [4.78, 5) is 25.5. The molecule has 6 rings (SSSR count). The summed E-state index contributed by atoms with van der Waals surface area (Å²) in [5, 5.41) is 12.1. The Bertz CT molecular complexity index is 1100. The van der Waals surface area contributed by atoms with Gasteiger partial charge in [-0.15, -0.1) is 0 Å². The number of hydrogen-bond donors (Lipinski definition) is 1. The maximum atomic E-state index is 13.0. The zero-order valence-electron chi connectivity index (χ0n) is 21.7. The average Bonchev–Trinajstić information content (AvgIpc) is 3.31. The number of ether oxygens (including phenoxy) is 2. The maximum absolute atomic E-state index is 13.0. The molecule has 35 heavy (non-hydrogen) atoms. The molecule has 0 aromatic carbocycles. The van der Waals surface area contributed by atoms with Crippen molar-refractivity contribution in [2.75, 3.05) is 0 Å². The highest BCUT2D eigenvalue weighted by Crippen LogP contribution is 2.80. The molecule has 6 nitrogen and oxygen atoms in total. The van der Waals surface area contributed by atoms with E-state index in [4.69, 9.17) is 13.9 Å². The van der Waals surface area contributed by atoms with Crippen molar-refractivity contribution in [1.29, 1.82) is 0 Å². The van der Waals surface area contributed by atoms with E-state index in [-0.39, 0.29) is 35.1 Å². The van der Waals surface area contributed by atoms with E-state index in [1.807, 2.05) is 20.1 Å². The Morgan fingerprint density at radius 2 is 1.89 bits per heavy atom.